The zero-order chi connectivity index (χ0) is 19.2. The monoisotopic (exact) mass is 370 g/mol. The maximum Gasteiger partial charge on any atom is 0.277 e. The Labute approximate surface area is 153 Å². The molecule has 25 heavy (non-hydrogen) atoms. The highest BCUT2D eigenvalue weighted by Crippen LogP contribution is 2.40. The molecule has 0 amide bonds. The lowest BCUT2D eigenvalue weighted by Gasteiger charge is -2.37. The third-order valence-corrected chi connectivity index (χ3v) is 5.96. The molecule has 2 N–H and O–H groups in total. The molecule has 2 rings (SSSR count). The zero-order valence-corrected chi connectivity index (χ0v) is 17.7. The van der Waals surface area contributed by atoms with Crippen LogP contribution >= 0.6 is 0 Å². The molecule has 0 radical (unpaired) electrons. The Morgan fingerprint density at radius 2 is 1.80 bits per heavy atom. The third-order valence-electron chi connectivity index (χ3n) is 4.44. The lowest BCUT2D eigenvalue weighted by atomic mass is 9.80. The molecule has 0 saturated carbocycles. The minimum absolute atomic E-state index is 0.00714. The van der Waals surface area contributed by atoms with Crippen molar-refractivity contribution in [3.63, 3.8) is 0 Å². The lowest BCUT2D eigenvalue weighted by molar-refractivity contribution is 0.421. The normalized spacial score (nSPS) is 25.3. The average molecular weight is 371 g/mol. The highest BCUT2D eigenvalue weighted by Gasteiger charge is 2.40. The van der Waals surface area contributed by atoms with Crippen LogP contribution in [0.1, 0.15) is 68.2 Å². The number of aliphatic imine (C=N–C) groups is 1. The fourth-order valence-corrected chi connectivity index (χ4v) is 5.39. The van der Waals surface area contributed by atoms with Gasteiger partial charge in [-0.15, -0.1) is 0 Å². The molecule has 1 saturated heterocycles. The molecule has 0 aromatic carbocycles. The number of hydrogen-bond donors (Lipinski definition) is 2. The second kappa shape index (κ2) is 6.67. The first-order valence-electron chi connectivity index (χ1n) is 9.12. The van der Waals surface area contributed by atoms with E-state index in [1.165, 1.54) is 11.3 Å². The summed E-state index contributed by atoms with van der Waals surface area (Å²) in [6, 6.07) is -0.00138. The van der Waals surface area contributed by atoms with Crippen LogP contribution in [0.5, 0.6) is 0 Å². The van der Waals surface area contributed by atoms with Crippen molar-refractivity contribution < 1.29 is 8.42 Å². The summed E-state index contributed by atoms with van der Waals surface area (Å²) < 4.78 is 30.3. The van der Waals surface area contributed by atoms with Gasteiger partial charge in [-0.1, -0.05) is 27.7 Å². The van der Waals surface area contributed by atoms with E-state index in [2.05, 4.69) is 49.0 Å². The molecule has 2 aliphatic rings. The molecule has 0 aromatic heterocycles. The number of nitrogens with one attached hydrogen (secondary N) is 2. The number of hydrogen-bond acceptors (Lipinski definition) is 4. The second-order valence-electron chi connectivity index (χ2n) is 9.17. The molecule has 2 atom stereocenters. The van der Waals surface area contributed by atoms with Gasteiger partial charge in [0.2, 0.25) is 0 Å². The molecule has 0 aliphatic carbocycles. The highest BCUT2D eigenvalue weighted by atomic mass is 32.2. The minimum Gasteiger partial charge on any atom is -0.332 e. The van der Waals surface area contributed by atoms with Crippen molar-refractivity contribution in [1.29, 1.82) is 0 Å². The Hall–Kier alpha value is -0.920. The summed E-state index contributed by atoms with van der Waals surface area (Å²) in [6.45, 7) is 17.0. The van der Waals surface area contributed by atoms with Crippen molar-refractivity contribution in [2.24, 2.45) is 10.4 Å². The molecule has 2 aliphatic heterocycles. The second-order valence-corrected chi connectivity index (χ2v) is 10.6. The fourth-order valence-electron chi connectivity index (χ4n) is 3.93. The van der Waals surface area contributed by atoms with Gasteiger partial charge >= 0.3 is 0 Å². The minimum atomic E-state index is -3.55. The number of rotatable bonds is 4. The third kappa shape index (κ3) is 4.83. The van der Waals surface area contributed by atoms with Crippen LogP contribution in [0.3, 0.4) is 0 Å². The lowest BCUT2D eigenvalue weighted by Crippen LogP contribution is -2.50. The average Bonchev–Trinajstić information content (AvgIpc) is 2.74. The van der Waals surface area contributed by atoms with Gasteiger partial charge in [0.1, 0.15) is 5.84 Å². The molecule has 0 unspecified atom stereocenters. The van der Waals surface area contributed by atoms with E-state index in [1.807, 2.05) is 20.8 Å². The summed E-state index contributed by atoms with van der Waals surface area (Å²) in [7, 11) is -3.55. The van der Waals surface area contributed by atoms with Crippen molar-refractivity contribution in [2.45, 2.75) is 85.9 Å². The van der Waals surface area contributed by atoms with Gasteiger partial charge in [-0.25, -0.2) is 0 Å². The van der Waals surface area contributed by atoms with Gasteiger partial charge in [-0.05, 0) is 38.7 Å². The van der Waals surface area contributed by atoms with Crippen molar-refractivity contribution in [3.8, 4) is 0 Å². The molecule has 0 aromatic rings. The molecule has 144 valence electrons. The first-order chi connectivity index (χ1) is 11.2. The molecule has 1 fully saturated rings. The fraction of sp³-hybridized carbons (Fsp3) is 0.833. The van der Waals surface area contributed by atoms with E-state index in [9.17, 15) is 8.42 Å². The SMILES string of the molecule is CCC1=N[C@@H](C)C(C(C)(C)C)=C2C[C@H](NS(=O)(=O)NC(C)(C)C)CN12. The van der Waals surface area contributed by atoms with E-state index in [1.54, 1.807) is 0 Å². The smallest absolute Gasteiger partial charge is 0.277 e. The predicted octanol–water partition coefficient (Wildman–Crippen LogP) is 2.79. The van der Waals surface area contributed by atoms with E-state index < -0.39 is 15.7 Å². The summed E-state index contributed by atoms with van der Waals surface area (Å²) >= 11 is 0. The van der Waals surface area contributed by atoms with Gasteiger partial charge in [0.25, 0.3) is 10.2 Å². The number of amidine groups is 1. The number of fused-ring (bicyclic) bond motifs is 1. The van der Waals surface area contributed by atoms with E-state index >= 15 is 0 Å². The largest absolute Gasteiger partial charge is 0.332 e. The maximum absolute atomic E-state index is 12.4. The molecule has 0 spiro atoms. The van der Waals surface area contributed by atoms with Crippen LogP contribution in [-0.2, 0) is 10.2 Å². The Morgan fingerprint density at radius 1 is 1.20 bits per heavy atom. The zero-order valence-electron chi connectivity index (χ0n) is 16.9. The molecular formula is C18H34N4O2S. The topological polar surface area (TPSA) is 73.8 Å². The summed E-state index contributed by atoms with van der Waals surface area (Å²) in [5.74, 6) is 1.06. The van der Waals surface area contributed by atoms with Gasteiger partial charge in [0.05, 0.1) is 6.04 Å². The molecular weight excluding hydrogens is 336 g/mol. The summed E-state index contributed by atoms with van der Waals surface area (Å²) in [4.78, 5) is 7.10. The highest BCUT2D eigenvalue weighted by molar-refractivity contribution is 7.87. The maximum atomic E-state index is 12.4. The standard InChI is InChI=1S/C18H34N4O2S/c1-9-15-19-12(2)16(17(3,4)5)14-10-13(11-22(14)15)20-25(23,24)21-18(6,7)8/h12-13,20-21H,9-11H2,1-8H3/t12-,13-/m0/s1. The van der Waals surface area contributed by atoms with Gasteiger partial charge in [0.15, 0.2) is 0 Å². The van der Waals surface area contributed by atoms with Crippen LogP contribution in [0, 0.1) is 5.41 Å². The van der Waals surface area contributed by atoms with Gasteiger partial charge < -0.3 is 4.90 Å². The Morgan fingerprint density at radius 3 is 2.28 bits per heavy atom. The van der Waals surface area contributed by atoms with Gasteiger partial charge in [-0.2, -0.15) is 17.9 Å². The van der Waals surface area contributed by atoms with Crippen LogP contribution < -0.4 is 9.44 Å². The molecule has 2 heterocycles. The summed E-state index contributed by atoms with van der Waals surface area (Å²) in [6.07, 6.45) is 1.56. The van der Waals surface area contributed by atoms with E-state index in [-0.39, 0.29) is 17.5 Å². The predicted molar refractivity (Wildman–Crippen MR) is 104 cm³/mol. The quantitative estimate of drug-likeness (QED) is 0.799. The van der Waals surface area contributed by atoms with Crippen molar-refractivity contribution in [3.05, 3.63) is 11.3 Å². The van der Waals surface area contributed by atoms with E-state index in [0.717, 1.165) is 12.3 Å². The molecule has 6 nitrogen and oxygen atoms in total. The molecule has 7 heteroatoms. The summed E-state index contributed by atoms with van der Waals surface area (Å²) in [5.41, 5.74) is 2.07. The van der Waals surface area contributed by atoms with Crippen molar-refractivity contribution in [2.75, 3.05) is 6.54 Å². The van der Waals surface area contributed by atoms with Gasteiger partial charge in [0, 0.05) is 36.7 Å². The van der Waals surface area contributed by atoms with E-state index in [4.69, 9.17) is 4.99 Å². The van der Waals surface area contributed by atoms with Crippen LogP contribution in [0.25, 0.3) is 0 Å². The van der Waals surface area contributed by atoms with E-state index in [0.29, 0.717) is 13.0 Å². The first-order valence-corrected chi connectivity index (χ1v) is 10.6. The Bertz CT molecular complexity index is 681. The molecule has 0 bridgehead atoms. The first kappa shape index (κ1) is 20.4. The van der Waals surface area contributed by atoms with Gasteiger partial charge in [-0.3, -0.25) is 4.99 Å². The van der Waals surface area contributed by atoms with Crippen molar-refractivity contribution in [1.82, 2.24) is 14.3 Å². The Balaban J connectivity index is 2.29. The van der Waals surface area contributed by atoms with Crippen LogP contribution in [0.4, 0.5) is 0 Å². The van der Waals surface area contributed by atoms with Crippen LogP contribution in [-0.4, -0.2) is 43.3 Å². The number of nitrogens with zero attached hydrogens (tertiary/aromatic N) is 2. The Kier molecular flexibility index (Phi) is 5.44. The summed E-state index contributed by atoms with van der Waals surface area (Å²) in [5, 5.41) is 0. The van der Waals surface area contributed by atoms with Crippen LogP contribution in [0.15, 0.2) is 16.3 Å². The van der Waals surface area contributed by atoms with Crippen LogP contribution in [0.2, 0.25) is 0 Å². The van der Waals surface area contributed by atoms with Crippen molar-refractivity contribution >= 4 is 16.0 Å².